The molecule has 0 amide bonds. The molecule has 0 aliphatic carbocycles. The van der Waals surface area contributed by atoms with E-state index in [9.17, 15) is 0 Å². The van der Waals surface area contributed by atoms with Gasteiger partial charge >= 0.3 is 0 Å². The molecule has 5 aromatic carbocycles. The molecule has 0 aliphatic heterocycles. The van der Waals surface area contributed by atoms with Crippen LogP contribution in [0.2, 0.25) is 0 Å². The van der Waals surface area contributed by atoms with Crippen molar-refractivity contribution in [2.75, 3.05) is 0 Å². The van der Waals surface area contributed by atoms with Crippen LogP contribution in [0.5, 0.6) is 0 Å². The van der Waals surface area contributed by atoms with Gasteiger partial charge in [-0.1, -0.05) is 115 Å². The standard InChI is InChI=1S/C29H22/c1-21-11-5-7-16-24(21)29-26(23-12-3-2-4-13-23)18-10-20-28(29)27-19-9-15-22-14-6-8-17-25(22)27/h2-20H,1H3. The van der Waals surface area contributed by atoms with Gasteiger partial charge in [-0.25, -0.2) is 0 Å². The second-order valence-electron chi connectivity index (χ2n) is 7.44. The topological polar surface area (TPSA) is 0 Å². The molecule has 0 heterocycles. The summed E-state index contributed by atoms with van der Waals surface area (Å²) < 4.78 is 0. The number of hydrogen-bond donors (Lipinski definition) is 0. The highest BCUT2D eigenvalue weighted by atomic mass is 14.2. The smallest absolute Gasteiger partial charge is 0.00239 e. The van der Waals surface area contributed by atoms with E-state index in [0.29, 0.717) is 0 Å². The number of rotatable bonds is 3. The van der Waals surface area contributed by atoms with Crippen LogP contribution in [0.15, 0.2) is 115 Å². The van der Waals surface area contributed by atoms with Crippen molar-refractivity contribution in [3.63, 3.8) is 0 Å². The highest BCUT2D eigenvalue weighted by Crippen LogP contribution is 2.42. The summed E-state index contributed by atoms with van der Waals surface area (Å²) in [7, 11) is 0. The van der Waals surface area contributed by atoms with E-state index in [0.717, 1.165) is 0 Å². The maximum Gasteiger partial charge on any atom is -0.00239 e. The molecule has 0 spiro atoms. The Morgan fingerprint density at radius 3 is 1.86 bits per heavy atom. The average molecular weight is 370 g/mol. The first-order chi connectivity index (χ1) is 14.3. The van der Waals surface area contributed by atoms with Gasteiger partial charge in [0.05, 0.1) is 0 Å². The summed E-state index contributed by atoms with van der Waals surface area (Å²) in [5, 5.41) is 2.56. The minimum atomic E-state index is 1.24. The number of hydrogen-bond acceptors (Lipinski definition) is 0. The summed E-state index contributed by atoms with van der Waals surface area (Å²) in [6, 6.07) is 41.3. The summed E-state index contributed by atoms with van der Waals surface area (Å²) >= 11 is 0. The minimum absolute atomic E-state index is 1.24. The Morgan fingerprint density at radius 2 is 1.00 bits per heavy atom. The maximum absolute atomic E-state index is 2.26. The predicted molar refractivity (Wildman–Crippen MR) is 125 cm³/mol. The first-order valence-corrected chi connectivity index (χ1v) is 10.1. The third-order valence-electron chi connectivity index (χ3n) is 5.64. The summed E-state index contributed by atoms with van der Waals surface area (Å²) in [5.74, 6) is 0. The van der Waals surface area contributed by atoms with E-state index in [1.807, 2.05) is 0 Å². The van der Waals surface area contributed by atoms with Crippen LogP contribution in [0.1, 0.15) is 5.56 Å². The fourth-order valence-corrected chi connectivity index (χ4v) is 4.24. The van der Waals surface area contributed by atoms with Crippen LogP contribution in [0.25, 0.3) is 44.2 Å². The van der Waals surface area contributed by atoms with Crippen molar-refractivity contribution in [1.29, 1.82) is 0 Å². The lowest BCUT2D eigenvalue weighted by molar-refractivity contribution is 1.45. The SMILES string of the molecule is Cc1ccccc1-c1c(-c2ccccc2)cccc1-c1cccc2ccccc12. The Morgan fingerprint density at radius 1 is 0.414 bits per heavy atom. The molecule has 0 saturated carbocycles. The Labute approximate surface area is 172 Å². The monoisotopic (exact) mass is 370 g/mol. The normalized spacial score (nSPS) is 10.9. The molecular weight excluding hydrogens is 348 g/mol. The quantitative estimate of drug-likeness (QED) is 0.300. The van der Waals surface area contributed by atoms with Crippen molar-refractivity contribution < 1.29 is 0 Å². The molecule has 0 atom stereocenters. The molecule has 0 nitrogen and oxygen atoms in total. The lowest BCUT2D eigenvalue weighted by Gasteiger charge is -2.19. The Kier molecular flexibility index (Phi) is 4.46. The highest BCUT2D eigenvalue weighted by Gasteiger charge is 2.16. The van der Waals surface area contributed by atoms with E-state index < -0.39 is 0 Å². The summed E-state index contributed by atoms with van der Waals surface area (Å²) in [6.07, 6.45) is 0. The van der Waals surface area contributed by atoms with Gasteiger partial charge in [-0.05, 0) is 56.6 Å². The number of fused-ring (bicyclic) bond motifs is 1. The van der Waals surface area contributed by atoms with Crippen LogP contribution >= 0.6 is 0 Å². The molecule has 0 aliphatic rings. The first-order valence-electron chi connectivity index (χ1n) is 10.1. The van der Waals surface area contributed by atoms with Gasteiger partial charge in [-0.3, -0.25) is 0 Å². The van der Waals surface area contributed by atoms with Gasteiger partial charge in [-0.2, -0.15) is 0 Å². The second-order valence-corrected chi connectivity index (χ2v) is 7.44. The molecule has 0 aromatic heterocycles. The van der Waals surface area contributed by atoms with Gasteiger partial charge in [0, 0.05) is 0 Å². The third kappa shape index (κ3) is 3.13. The van der Waals surface area contributed by atoms with Crippen molar-refractivity contribution >= 4 is 10.8 Å². The van der Waals surface area contributed by atoms with Crippen LogP contribution in [-0.4, -0.2) is 0 Å². The Bertz CT molecular complexity index is 1290. The molecule has 138 valence electrons. The molecule has 0 unspecified atom stereocenters. The van der Waals surface area contributed by atoms with Gasteiger partial charge in [0.1, 0.15) is 0 Å². The summed E-state index contributed by atoms with van der Waals surface area (Å²) in [4.78, 5) is 0. The first kappa shape index (κ1) is 17.5. The van der Waals surface area contributed by atoms with Gasteiger partial charge in [0.15, 0.2) is 0 Å². The van der Waals surface area contributed by atoms with Crippen molar-refractivity contribution in [2.45, 2.75) is 6.92 Å². The van der Waals surface area contributed by atoms with Gasteiger partial charge in [0.25, 0.3) is 0 Å². The molecule has 5 rings (SSSR count). The van der Waals surface area contributed by atoms with Crippen molar-refractivity contribution in [1.82, 2.24) is 0 Å². The van der Waals surface area contributed by atoms with E-state index in [1.54, 1.807) is 0 Å². The fourth-order valence-electron chi connectivity index (χ4n) is 4.24. The molecule has 29 heavy (non-hydrogen) atoms. The zero-order valence-electron chi connectivity index (χ0n) is 16.5. The Hall–Kier alpha value is -3.64. The zero-order valence-corrected chi connectivity index (χ0v) is 16.5. The van der Waals surface area contributed by atoms with Crippen LogP contribution < -0.4 is 0 Å². The largest absolute Gasteiger partial charge is 0.0622 e. The molecule has 0 N–H and O–H groups in total. The van der Waals surface area contributed by atoms with Crippen LogP contribution in [-0.2, 0) is 0 Å². The fraction of sp³-hybridized carbons (Fsp3) is 0.0345. The van der Waals surface area contributed by atoms with E-state index in [1.165, 1.54) is 49.7 Å². The highest BCUT2D eigenvalue weighted by molar-refractivity contribution is 6.04. The van der Waals surface area contributed by atoms with E-state index >= 15 is 0 Å². The molecular formula is C29H22. The Balaban J connectivity index is 1.89. The maximum atomic E-state index is 2.26. The van der Waals surface area contributed by atoms with Crippen molar-refractivity contribution in [3.05, 3.63) is 121 Å². The summed E-state index contributed by atoms with van der Waals surface area (Å²) in [5.41, 5.74) is 8.94. The molecule has 5 aromatic rings. The van der Waals surface area contributed by atoms with Crippen LogP contribution in [0, 0.1) is 6.92 Å². The molecule has 0 heteroatoms. The van der Waals surface area contributed by atoms with Crippen molar-refractivity contribution in [3.8, 4) is 33.4 Å². The van der Waals surface area contributed by atoms with Crippen molar-refractivity contribution in [2.24, 2.45) is 0 Å². The lowest BCUT2D eigenvalue weighted by atomic mass is 9.85. The molecule has 0 fully saturated rings. The average Bonchev–Trinajstić information content (AvgIpc) is 2.79. The molecule has 0 radical (unpaired) electrons. The number of benzene rings is 5. The van der Waals surface area contributed by atoms with Crippen LogP contribution in [0.3, 0.4) is 0 Å². The number of aryl methyl sites for hydroxylation is 1. The molecule has 0 bridgehead atoms. The van der Waals surface area contributed by atoms with Gasteiger partial charge < -0.3 is 0 Å². The van der Waals surface area contributed by atoms with Crippen LogP contribution in [0.4, 0.5) is 0 Å². The third-order valence-corrected chi connectivity index (χ3v) is 5.64. The summed E-state index contributed by atoms with van der Waals surface area (Å²) in [6.45, 7) is 2.20. The van der Waals surface area contributed by atoms with E-state index in [2.05, 4.69) is 122 Å². The molecule has 0 saturated heterocycles. The lowest BCUT2D eigenvalue weighted by Crippen LogP contribution is -1.93. The van der Waals surface area contributed by atoms with Gasteiger partial charge in [-0.15, -0.1) is 0 Å². The van der Waals surface area contributed by atoms with Gasteiger partial charge in [0.2, 0.25) is 0 Å². The van der Waals surface area contributed by atoms with E-state index in [4.69, 9.17) is 0 Å². The minimum Gasteiger partial charge on any atom is -0.0622 e. The second kappa shape index (κ2) is 7.41. The zero-order chi connectivity index (χ0) is 19.6. The predicted octanol–water partition coefficient (Wildman–Crippen LogP) is 8.15. The van der Waals surface area contributed by atoms with E-state index in [-0.39, 0.29) is 0 Å².